The molecule has 1 aromatic heterocycles. The molecule has 10 nitrogen and oxygen atoms in total. The van der Waals surface area contributed by atoms with Gasteiger partial charge in [-0.25, -0.2) is 9.78 Å². The zero-order valence-electron chi connectivity index (χ0n) is 17.4. The number of carboxylic acid groups (broad SMARTS) is 1. The average Bonchev–Trinajstić information content (AvgIpc) is 2.69. The lowest BCUT2D eigenvalue weighted by Gasteiger charge is -2.40. The standard InChI is InChI=1S/C19H33N5O5S/c1-2-20-17-16(7-6-15(23-17)5-3-4-8-22-19(26)27)18(25)21-9-10-24-11-13-30(28,29)14-12-24/h6-7,22,28-29H,2-5,8-14H2,1H3,(H,20,23)(H,21,25)(H,26,27). The van der Waals surface area contributed by atoms with Crippen LogP contribution in [0.3, 0.4) is 0 Å². The van der Waals surface area contributed by atoms with Crippen molar-refractivity contribution in [2.24, 2.45) is 0 Å². The number of amides is 2. The fourth-order valence-corrected chi connectivity index (χ4v) is 4.47. The van der Waals surface area contributed by atoms with Crippen molar-refractivity contribution in [1.82, 2.24) is 20.5 Å². The van der Waals surface area contributed by atoms with Gasteiger partial charge in [0.25, 0.3) is 5.91 Å². The zero-order valence-corrected chi connectivity index (χ0v) is 18.2. The SMILES string of the molecule is CCNc1nc(CCCCNC(=O)O)ccc1C(=O)NCCN1CCS(O)(O)CC1. The van der Waals surface area contributed by atoms with Crippen LogP contribution in [-0.4, -0.2) is 86.9 Å². The van der Waals surface area contributed by atoms with E-state index in [9.17, 15) is 18.7 Å². The van der Waals surface area contributed by atoms with Crippen molar-refractivity contribution in [3.8, 4) is 0 Å². The molecule has 2 heterocycles. The number of carbonyl (C=O) groups excluding carboxylic acids is 1. The topological polar surface area (TPSA) is 147 Å². The molecular formula is C19H33N5O5S. The molecule has 0 unspecified atom stereocenters. The maximum Gasteiger partial charge on any atom is 0.404 e. The molecule has 0 atom stereocenters. The van der Waals surface area contributed by atoms with Crippen LogP contribution < -0.4 is 16.0 Å². The first-order valence-corrected chi connectivity index (χ1v) is 12.1. The Labute approximate surface area is 178 Å². The van der Waals surface area contributed by atoms with Gasteiger partial charge < -0.3 is 21.1 Å². The molecule has 1 aliphatic heterocycles. The Morgan fingerprint density at radius 1 is 1.13 bits per heavy atom. The van der Waals surface area contributed by atoms with Gasteiger partial charge in [0.2, 0.25) is 0 Å². The van der Waals surface area contributed by atoms with Crippen molar-refractivity contribution in [3.63, 3.8) is 0 Å². The van der Waals surface area contributed by atoms with Gasteiger partial charge in [-0.05, 0) is 38.3 Å². The number of aromatic nitrogens is 1. The van der Waals surface area contributed by atoms with Crippen LogP contribution in [0.4, 0.5) is 10.6 Å². The third-order valence-electron chi connectivity index (χ3n) is 4.86. The maximum atomic E-state index is 12.6. The first-order chi connectivity index (χ1) is 14.3. The number of rotatable bonds is 11. The van der Waals surface area contributed by atoms with E-state index in [0.717, 1.165) is 18.5 Å². The highest BCUT2D eigenvalue weighted by molar-refractivity contribution is 8.24. The molecule has 170 valence electrons. The van der Waals surface area contributed by atoms with Crippen molar-refractivity contribution in [2.75, 3.05) is 56.1 Å². The number of nitrogens with one attached hydrogen (secondary N) is 3. The summed E-state index contributed by atoms with van der Waals surface area (Å²) in [5.41, 5.74) is 1.34. The molecule has 2 amide bonds. The lowest BCUT2D eigenvalue weighted by Crippen LogP contribution is -2.42. The van der Waals surface area contributed by atoms with Crippen molar-refractivity contribution >= 4 is 28.4 Å². The van der Waals surface area contributed by atoms with E-state index in [2.05, 4.69) is 25.8 Å². The maximum absolute atomic E-state index is 12.6. The third kappa shape index (κ3) is 8.34. The minimum absolute atomic E-state index is 0.197. The Morgan fingerprint density at radius 2 is 1.87 bits per heavy atom. The summed E-state index contributed by atoms with van der Waals surface area (Å²) in [6.07, 6.45) is 1.20. The molecule has 0 aromatic carbocycles. The van der Waals surface area contributed by atoms with Crippen molar-refractivity contribution in [3.05, 3.63) is 23.4 Å². The Bertz CT molecular complexity index is 709. The smallest absolute Gasteiger partial charge is 0.404 e. The molecule has 1 fully saturated rings. The van der Waals surface area contributed by atoms with E-state index >= 15 is 0 Å². The monoisotopic (exact) mass is 443 g/mol. The molecule has 1 aromatic rings. The van der Waals surface area contributed by atoms with Crippen LogP contribution in [0, 0.1) is 0 Å². The molecular weight excluding hydrogens is 410 g/mol. The van der Waals surface area contributed by atoms with Crippen LogP contribution in [0.2, 0.25) is 0 Å². The van der Waals surface area contributed by atoms with E-state index in [1.54, 1.807) is 6.07 Å². The molecule has 1 aliphatic rings. The van der Waals surface area contributed by atoms with E-state index in [1.165, 1.54) is 0 Å². The quantitative estimate of drug-likeness (QED) is 0.284. The summed E-state index contributed by atoms with van der Waals surface area (Å²) in [5.74, 6) is 1.13. The number of hydrogen-bond acceptors (Lipinski definition) is 7. The summed E-state index contributed by atoms with van der Waals surface area (Å²) >= 11 is 0. The van der Waals surface area contributed by atoms with E-state index < -0.39 is 16.7 Å². The van der Waals surface area contributed by atoms with Gasteiger partial charge in [0.15, 0.2) is 0 Å². The minimum atomic E-state index is -2.41. The van der Waals surface area contributed by atoms with E-state index in [-0.39, 0.29) is 5.91 Å². The molecule has 0 saturated carbocycles. The molecule has 0 spiro atoms. The molecule has 11 heteroatoms. The van der Waals surface area contributed by atoms with Crippen LogP contribution >= 0.6 is 10.6 Å². The van der Waals surface area contributed by atoms with Crippen molar-refractivity contribution in [2.45, 2.75) is 26.2 Å². The molecule has 1 saturated heterocycles. The number of anilines is 1. The molecule has 0 aliphatic carbocycles. The number of unbranched alkanes of at least 4 members (excludes halogenated alkanes) is 1. The Morgan fingerprint density at radius 3 is 2.53 bits per heavy atom. The summed E-state index contributed by atoms with van der Waals surface area (Å²) in [7, 11) is -2.41. The highest BCUT2D eigenvalue weighted by atomic mass is 32.3. The van der Waals surface area contributed by atoms with E-state index in [1.807, 2.05) is 13.0 Å². The van der Waals surface area contributed by atoms with Gasteiger partial charge >= 0.3 is 6.09 Å². The normalized spacial score (nSPS) is 17.2. The number of nitrogens with zero attached hydrogens (tertiary/aromatic N) is 2. The van der Waals surface area contributed by atoms with E-state index in [4.69, 9.17) is 5.11 Å². The van der Waals surface area contributed by atoms with Gasteiger partial charge in [0, 0.05) is 45.0 Å². The van der Waals surface area contributed by atoms with Crippen LogP contribution in [-0.2, 0) is 6.42 Å². The fraction of sp³-hybridized carbons (Fsp3) is 0.632. The first kappa shape index (κ1) is 24.2. The number of aryl methyl sites for hydroxylation is 1. The van der Waals surface area contributed by atoms with Gasteiger partial charge in [-0.15, -0.1) is 0 Å². The number of hydrogen-bond donors (Lipinski definition) is 6. The summed E-state index contributed by atoms with van der Waals surface area (Å²) < 4.78 is 19.3. The van der Waals surface area contributed by atoms with Gasteiger partial charge in [-0.1, -0.05) is 0 Å². The molecule has 2 rings (SSSR count). The summed E-state index contributed by atoms with van der Waals surface area (Å²) in [5, 5.41) is 17.0. The lowest BCUT2D eigenvalue weighted by atomic mass is 10.1. The zero-order chi connectivity index (χ0) is 22.0. The second kappa shape index (κ2) is 11.9. The predicted molar refractivity (Wildman–Crippen MR) is 119 cm³/mol. The summed E-state index contributed by atoms with van der Waals surface area (Å²) in [6.45, 7) is 5.37. The fourth-order valence-electron chi connectivity index (χ4n) is 3.16. The van der Waals surface area contributed by atoms with E-state index in [0.29, 0.717) is 68.6 Å². The lowest BCUT2D eigenvalue weighted by molar-refractivity contribution is 0.0949. The van der Waals surface area contributed by atoms with Crippen molar-refractivity contribution in [1.29, 1.82) is 0 Å². The van der Waals surface area contributed by atoms with Gasteiger partial charge in [0.05, 0.1) is 17.1 Å². The first-order valence-electron chi connectivity index (χ1n) is 10.3. The van der Waals surface area contributed by atoms with Crippen LogP contribution in [0.5, 0.6) is 0 Å². The Balaban J connectivity index is 1.82. The second-order valence-corrected chi connectivity index (χ2v) is 9.65. The number of carbonyl (C=O) groups is 2. The average molecular weight is 444 g/mol. The summed E-state index contributed by atoms with van der Waals surface area (Å²) in [4.78, 5) is 29.7. The molecule has 0 bridgehead atoms. The van der Waals surface area contributed by atoms with Crippen LogP contribution in [0.1, 0.15) is 35.8 Å². The Kier molecular flexibility index (Phi) is 9.63. The van der Waals surface area contributed by atoms with Gasteiger partial charge in [0.1, 0.15) is 5.82 Å². The second-order valence-electron chi connectivity index (χ2n) is 7.23. The summed E-state index contributed by atoms with van der Waals surface area (Å²) in [6, 6.07) is 3.59. The van der Waals surface area contributed by atoms with Crippen LogP contribution in [0.25, 0.3) is 0 Å². The highest BCUT2D eigenvalue weighted by Gasteiger charge is 2.22. The van der Waals surface area contributed by atoms with Crippen molar-refractivity contribution < 1.29 is 23.8 Å². The van der Waals surface area contributed by atoms with Crippen LogP contribution in [0.15, 0.2) is 12.1 Å². The molecule has 0 radical (unpaired) electrons. The highest BCUT2D eigenvalue weighted by Crippen LogP contribution is 2.40. The van der Waals surface area contributed by atoms with Gasteiger partial charge in [-0.3, -0.25) is 18.8 Å². The minimum Gasteiger partial charge on any atom is -0.465 e. The third-order valence-corrected chi connectivity index (χ3v) is 6.53. The molecule has 30 heavy (non-hydrogen) atoms. The largest absolute Gasteiger partial charge is 0.465 e. The predicted octanol–water partition coefficient (Wildman–Crippen LogP) is 1.90. The number of pyridine rings is 1. The van der Waals surface area contributed by atoms with Gasteiger partial charge in [-0.2, -0.15) is 10.6 Å². The molecule has 6 N–H and O–H groups in total. The Hall–Kier alpha value is -2.08.